The monoisotopic (exact) mass is 290 g/mol. The maximum atomic E-state index is 13.7. The largest absolute Gasteiger partial charge is 0.392 e. The third-order valence-corrected chi connectivity index (χ3v) is 4.77. The molecule has 1 fully saturated rings. The summed E-state index contributed by atoms with van der Waals surface area (Å²) >= 11 is 0. The molecular weight excluding hydrogens is 279 g/mol. The summed E-state index contributed by atoms with van der Waals surface area (Å²) in [5, 5.41) is 19.8. The zero-order chi connectivity index (χ0) is 14.2. The summed E-state index contributed by atoms with van der Waals surface area (Å²) in [6, 6.07) is 2.37. The van der Waals surface area contributed by atoms with Crippen LogP contribution in [0.3, 0.4) is 0 Å². The van der Waals surface area contributed by atoms with Crippen molar-refractivity contribution in [2.24, 2.45) is 0 Å². The number of hydrogen-bond donors (Lipinski definition) is 1. The molecule has 1 aliphatic rings. The molecule has 1 unspecified atom stereocenters. The first-order valence-electron chi connectivity index (χ1n) is 5.44. The first-order valence-corrected chi connectivity index (χ1v) is 6.88. The fourth-order valence-corrected chi connectivity index (χ4v) is 3.42. The van der Waals surface area contributed by atoms with E-state index in [-0.39, 0.29) is 19.5 Å². The Morgan fingerprint density at radius 1 is 1.47 bits per heavy atom. The molecule has 1 aliphatic heterocycles. The molecule has 1 heterocycles. The number of benzene rings is 1. The SMILES string of the molecule is O=[N+]([O-])c1ccc(S(=O)(=O)N2CCC(O)C2)c(F)c1. The van der Waals surface area contributed by atoms with Crippen molar-refractivity contribution in [3.05, 3.63) is 34.1 Å². The minimum Gasteiger partial charge on any atom is -0.392 e. The van der Waals surface area contributed by atoms with Gasteiger partial charge in [-0.1, -0.05) is 0 Å². The van der Waals surface area contributed by atoms with Crippen molar-refractivity contribution < 1.29 is 22.8 Å². The van der Waals surface area contributed by atoms with Gasteiger partial charge >= 0.3 is 0 Å². The van der Waals surface area contributed by atoms with E-state index in [1.54, 1.807) is 0 Å². The Labute approximate surface area is 108 Å². The molecule has 7 nitrogen and oxygen atoms in total. The van der Waals surface area contributed by atoms with Gasteiger partial charge in [-0.05, 0) is 12.5 Å². The number of non-ortho nitro benzene ring substituents is 1. The summed E-state index contributed by atoms with van der Waals surface area (Å²) in [5.74, 6) is -1.17. The Bertz CT molecular complexity index is 618. The van der Waals surface area contributed by atoms with Crippen molar-refractivity contribution >= 4 is 15.7 Å². The van der Waals surface area contributed by atoms with Crippen LogP contribution in [0.15, 0.2) is 23.1 Å². The number of nitro groups is 1. The molecule has 0 spiro atoms. The lowest BCUT2D eigenvalue weighted by Gasteiger charge is -2.15. The van der Waals surface area contributed by atoms with Gasteiger partial charge in [0.05, 0.1) is 17.1 Å². The van der Waals surface area contributed by atoms with E-state index in [0.717, 1.165) is 16.4 Å². The van der Waals surface area contributed by atoms with Crippen LogP contribution in [0.1, 0.15) is 6.42 Å². The molecule has 0 radical (unpaired) electrons. The van der Waals surface area contributed by atoms with Crippen LogP contribution in [0.4, 0.5) is 10.1 Å². The van der Waals surface area contributed by atoms with Gasteiger partial charge in [-0.25, -0.2) is 12.8 Å². The predicted octanol–water partition coefficient (Wildman–Crippen LogP) is 0.489. The van der Waals surface area contributed by atoms with Crippen LogP contribution >= 0.6 is 0 Å². The third-order valence-electron chi connectivity index (χ3n) is 2.87. The first kappa shape index (κ1) is 13.8. The number of rotatable bonds is 3. The summed E-state index contributed by atoms with van der Waals surface area (Å²) in [7, 11) is -4.07. The number of aliphatic hydroxyl groups excluding tert-OH is 1. The smallest absolute Gasteiger partial charge is 0.272 e. The molecule has 2 rings (SSSR count). The van der Waals surface area contributed by atoms with Gasteiger partial charge in [-0.15, -0.1) is 0 Å². The highest BCUT2D eigenvalue weighted by Crippen LogP contribution is 2.25. The Kier molecular flexibility index (Phi) is 3.52. The van der Waals surface area contributed by atoms with Crippen molar-refractivity contribution in [3.8, 4) is 0 Å². The first-order chi connectivity index (χ1) is 8.82. The number of β-amino-alcohol motifs (C(OH)–C–C–N with tert-alkyl or cyclic N) is 1. The van der Waals surface area contributed by atoms with E-state index < -0.39 is 37.5 Å². The summed E-state index contributed by atoms with van der Waals surface area (Å²) in [4.78, 5) is 9.03. The van der Waals surface area contributed by atoms with Crippen LogP contribution < -0.4 is 0 Å². The second-order valence-electron chi connectivity index (χ2n) is 4.18. The predicted molar refractivity (Wildman–Crippen MR) is 62.4 cm³/mol. The van der Waals surface area contributed by atoms with Gasteiger partial charge in [0.15, 0.2) is 0 Å². The standard InChI is InChI=1S/C10H11FN2O5S/c11-9-5-7(13(15)16)1-2-10(9)19(17,18)12-4-3-8(14)6-12/h1-2,5,8,14H,3-4,6H2. The summed E-state index contributed by atoms with van der Waals surface area (Å²) < 4.78 is 38.8. The molecule has 0 bridgehead atoms. The fraction of sp³-hybridized carbons (Fsp3) is 0.400. The van der Waals surface area contributed by atoms with Crippen LogP contribution in [0, 0.1) is 15.9 Å². The number of nitro benzene ring substituents is 1. The molecule has 1 N–H and O–H groups in total. The molecule has 1 saturated heterocycles. The average molecular weight is 290 g/mol. The average Bonchev–Trinajstić information content (AvgIpc) is 2.76. The summed E-state index contributed by atoms with van der Waals surface area (Å²) in [6.45, 7) is -0.00130. The van der Waals surface area contributed by atoms with E-state index in [1.165, 1.54) is 0 Å². The zero-order valence-electron chi connectivity index (χ0n) is 9.69. The summed E-state index contributed by atoms with van der Waals surface area (Å²) in [6.07, 6.45) is -0.482. The molecule has 19 heavy (non-hydrogen) atoms. The quantitative estimate of drug-likeness (QED) is 0.645. The van der Waals surface area contributed by atoms with Gasteiger partial charge < -0.3 is 5.11 Å². The van der Waals surface area contributed by atoms with E-state index in [0.29, 0.717) is 6.07 Å². The van der Waals surface area contributed by atoms with Gasteiger partial charge in [-0.3, -0.25) is 10.1 Å². The van der Waals surface area contributed by atoms with Crippen LogP contribution in [-0.2, 0) is 10.0 Å². The van der Waals surface area contributed by atoms with Crippen molar-refractivity contribution in [2.45, 2.75) is 17.4 Å². The highest BCUT2D eigenvalue weighted by Gasteiger charge is 2.33. The third kappa shape index (κ3) is 2.57. The lowest BCUT2D eigenvalue weighted by Crippen LogP contribution is -2.30. The lowest BCUT2D eigenvalue weighted by molar-refractivity contribution is -0.385. The second kappa shape index (κ2) is 4.83. The molecule has 1 atom stereocenters. The van der Waals surface area contributed by atoms with Gasteiger partial charge in [0.25, 0.3) is 5.69 Å². The Hall–Kier alpha value is -1.58. The fourth-order valence-electron chi connectivity index (χ4n) is 1.88. The highest BCUT2D eigenvalue weighted by atomic mass is 32.2. The molecule has 104 valence electrons. The van der Waals surface area contributed by atoms with Crippen LogP contribution in [0.5, 0.6) is 0 Å². The van der Waals surface area contributed by atoms with E-state index in [4.69, 9.17) is 0 Å². The molecule has 9 heteroatoms. The van der Waals surface area contributed by atoms with E-state index in [1.807, 2.05) is 0 Å². The number of halogens is 1. The van der Waals surface area contributed by atoms with Gasteiger partial charge in [0, 0.05) is 19.2 Å². The van der Waals surface area contributed by atoms with E-state index >= 15 is 0 Å². The Morgan fingerprint density at radius 3 is 2.63 bits per heavy atom. The van der Waals surface area contributed by atoms with Crippen molar-refractivity contribution in [3.63, 3.8) is 0 Å². The topological polar surface area (TPSA) is 101 Å². The maximum absolute atomic E-state index is 13.7. The van der Waals surface area contributed by atoms with Gasteiger partial charge in [0.1, 0.15) is 10.7 Å². The number of hydrogen-bond acceptors (Lipinski definition) is 5. The van der Waals surface area contributed by atoms with Crippen molar-refractivity contribution in [1.82, 2.24) is 4.31 Å². The van der Waals surface area contributed by atoms with Gasteiger partial charge in [0.2, 0.25) is 10.0 Å². The van der Waals surface area contributed by atoms with Crippen LogP contribution in [-0.4, -0.2) is 41.9 Å². The minimum absolute atomic E-state index is 0.0972. The maximum Gasteiger partial charge on any atom is 0.272 e. The molecule has 1 aromatic carbocycles. The molecule has 0 saturated carbocycles. The Balaban J connectivity index is 2.38. The number of nitrogens with zero attached hydrogens (tertiary/aromatic N) is 2. The van der Waals surface area contributed by atoms with Crippen LogP contribution in [0.2, 0.25) is 0 Å². The highest BCUT2D eigenvalue weighted by molar-refractivity contribution is 7.89. The van der Waals surface area contributed by atoms with E-state index in [9.17, 15) is 28.0 Å². The molecule has 0 aliphatic carbocycles. The Morgan fingerprint density at radius 2 is 2.16 bits per heavy atom. The molecular formula is C10H11FN2O5S. The molecule has 0 aromatic heterocycles. The normalized spacial score (nSPS) is 20.6. The van der Waals surface area contributed by atoms with Crippen LogP contribution in [0.25, 0.3) is 0 Å². The van der Waals surface area contributed by atoms with E-state index in [2.05, 4.69) is 0 Å². The minimum atomic E-state index is -4.07. The molecule has 0 amide bonds. The zero-order valence-corrected chi connectivity index (χ0v) is 10.5. The second-order valence-corrected chi connectivity index (χ2v) is 6.08. The molecule has 1 aromatic rings. The van der Waals surface area contributed by atoms with Crippen molar-refractivity contribution in [2.75, 3.05) is 13.1 Å². The summed E-state index contributed by atoms with van der Waals surface area (Å²) in [5.41, 5.74) is -0.516. The number of sulfonamides is 1. The number of aliphatic hydroxyl groups is 1. The van der Waals surface area contributed by atoms with Gasteiger partial charge in [-0.2, -0.15) is 4.31 Å². The lowest BCUT2D eigenvalue weighted by atomic mass is 10.3. The van der Waals surface area contributed by atoms with Crippen molar-refractivity contribution in [1.29, 1.82) is 0 Å².